The van der Waals surface area contributed by atoms with E-state index in [9.17, 15) is 4.39 Å². The molecule has 0 atom stereocenters. The first-order valence-electron chi connectivity index (χ1n) is 9.28. The van der Waals surface area contributed by atoms with Crippen LogP contribution in [-0.4, -0.2) is 48.7 Å². The van der Waals surface area contributed by atoms with Crippen LogP contribution in [0.5, 0.6) is 11.5 Å². The van der Waals surface area contributed by atoms with Crippen LogP contribution in [0.4, 0.5) is 10.2 Å². The van der Waals surface area contributed by atoms with Crippen molar-refractivity contribution in [3.8, 4) is 11.5 Å². The standard InChI is InChI=1S/C21H23FN4O2/c1-27-19-9-14-5-7-26(12-15(14)10-20(19)28-2)8-6-23-21-17-11-16(22)3-4-18(17)24-13-25-21/h3-4,9-11,13H,5-8,12H2,1-2H3,(H,23,24,25). The maximum Gasteiger partial charge on any atom is 0.161 e. The lowest BCUT2D eigenvalue weighted by Gasteiger charge is -2.29. The number of methoxy groups -OCH3 is 2. The second-order valence-electron chi connectivity index (χ2n) is 6.81. The number of aromatic nitrogens is 2. The fraction of sp³-hybridized carbons (Fsp3) is 0.333. The zero-order valence-corrected chi connectivity index (χ0v) is 16.0. The number of rotatable bonds is 6. The van der Waals surface area contributed by atoms with Crippen molar-refractivity contribution >= 4 is 16.7 Å². The summed E-state index contributed by atoms with van der Waals surface area (Å²) in [4.78, 5) is 10.8. The third-order valence-electron chi connectivity index (χ3n) is 5.11. The van der Waals surface area contributed by atoms with Crippen LogP contribution in [0, 0.1) is 5.82 Å². The van der Waals surface area contributed by atoms with Gasteiger partial charge in [-0.3, -0.25) is 4.90 Å². The topological polar surface area (TPSA) is 59.5 Å². The van der Waals surface area contributed by atoms with Crippen LogP contribution in [0.1, 0.15) is 11.1 Å². The number of benzene rings is 2. The van der Waals surface area contributed by atoms with Gasteiger partial charge in [-0.2, -0.15) is 0 Å². The Morgan fingerprint density at radius 1 is 1.07 bits per heavy atom. The number of nitrogens with one attached hydrogen (secondary N) is 1. The van der Waals surface area contributed by atoms with Gasteiger partial charge in [-0.15, -0.1) is 0 Å². The summed E-state index contributed by atoms with van der Waals surface area (Å²) in [5.74, 6) is 1.91. The highest BCUT2D eigenvalue weighted by atomic mass is 19.1. The maximum absolute atomic E-state index is 13.6. The van der Waals surface area contributed by atoms with Crippen molar-refractivity contribution < 1.29 is 13.9 Å². The van der Waals surface area contributed by atoms with Crippen LogP contribution < -0.4 is 14.8 Å². The minimum Gasteiger partial charge on any atom is -0.493 e. The molecule has 0 spiro atoms. The first-order chi connectivity index (χ1) is 13.7. The number of nitrogens with zero attached hydrogens (tertiary/aromatic N) is 3. The van der Waals surface area contributed by atoms with Gasteiger partial charge in [0.15, 0.2) is 11.5 Å². The lowest BCUT2D eigenvalue weighted by atomic mass is 9.99. The molecule has 0 saturated heterocycles. The molecule has 28 heavy (non-hydrogen) atoms. The Morgan fingerprint density at radius 2 is 1.86 bits per heavy atom. The molecule has 6 nitrogen and oxygen atoms in total. The molecule has 2 heterocycles. The smallest absolute Gasteiger partial charge is 0.161 e. The van der Waals surface area contributed by atoms with E-state index >= 15 is 0 Å². The monoisotopic (exact) mass is 382 g/mol. The van der Waals surface area contributed by atoms with Gasteiger partial charge in [-0.05, 0) is 47.9 Å². The summed E-state index contributed by atoms with van der Waals surface area (Å²) in [5.41, 5.74) is 3.30. The normalized spacial score (nSPS) is 14.0. The van der Waals surface area contributed by atoms with Crippen molar-refractivity contribution in [1.29, 1.82) is 0 Å². The lowest BCUT2D eigenvalue weighted by Crippen LogP contribution is -2.34. The third kappa shape index (κ3) is 3.71. The van der Waals surface area contributed by atoms with Crippen LogP contribution in [-0.2, 0) is 13.0 Å². The summed E-state index contributed by atoms with van der Waals surface area (Å²) in [6, 6.07) is 8.68. The third-order valence-corrected chi connectivity index (χ3v) is 5.11. The van der Waals surface area contributed by atoms with Crippen LogP contribution in [0.2, 0.25) is 0 Å². The number of ether oxygens (including phenoxy) is 2. The molecule has 1 aromatic heterocycles. The van der Waals surface area contributed by atoms with Crippen LogP contribution in [0.25, 0.3) is 10.9 Å². The molecule has 0 saturated carbocycles. The zero-order chi connectivity index (χ0) is 19.5. The van der Waals surface area contributed by atoms with Crippen LogP contribution in [0.3, 0.4) is 0 Å². The summed E-state index contributed by atoms with van der Waals surface area (Å²) in [6.45, 7) is 3.40. The van der Waals surface area contributed by atoms with Crippen molar-refractivity contribution in [2.75, 3.05) is 39.2 Å². The van der Waals surface area contributed by atoms with E-state index in [0.717, 1.165) is 43.1 Å². The highest BCUT2D eigenvalue weighted by Crippen LogP contribution is 2.33. The molecule has 0 radical (unpaired) electrons. The number of halogens is 1. The molecule has 0 fully saturated rings. The second kappa shape index (κ2) is 7.98. The van der Waals surface area contributed by atoms with Gasteiger partial charge >= 0.3 is 0 Å². The average molecular weight is 382 g/mol. The molecule has 0 bridgehead atoms. The Bertz CT molecular complexity index is 996. The lowest BCUT2D eigenvalue weighted by molar-refractivity contribution is 0.262. The SMILES string of the molecule is COc1cc2c(cc1OC)CN(CCNc1ncnc3ccc(F)cc13)CC2. The van der Waals surface area contributed by atoms with Gasteiger partial charge in [0, 0.05) is 31.6 Å². The van der Waals surface area contributed by atoms with Crippen LogP contribution in [0.15, 0.2) is 36.7 Å². The first kappa shape index (κ1) is 18.4. The highest BCUT2D eigenvalue weighted by molar-refractivity contribution is 5.88. The van der Waals surface area contributed by atoms with Gasteiger partial charge < -0.3 is 14.8 Å². The molecule has 2 aromatic carbocycles. The average Bonchev–Trinajstić information content (AvgIpc) is 2.72. The summed E-state index contributed by atoms with van der Waals surface area (Å²) >= 11 is 0. The molecule has 3 aromatic rings. The van der Waals surface area contributed by atoms with E-state index in [-0.39, 0.29) is 5.82 Å². The summed E-state index contributed by atoms with van der Waals surface area (Å²) in [6.07, 6.45) is 2.47. The molecule has 4 rings (SSSR count). The first-order valence-corrected chi connectivity index (χ1v) is 9.28. The number of hydrogen-bond acceptors (Lipinski definition) is 6. The Balaban J connectivity index is 1.41. The Labute approximate surface area is 163 Å². The van der Waals surface area contributed by atoms with Crippen molar-refractivity contribution in [3.05, 3.63) is 53.6 Å². The Kier molecular flexibility index (Phi) is 5.25. The summed E-state index contributed by atoms with van der Waals surface area (Å²) < 4.78 is 24.4. The summed E-state index contributed by atoms with van der Waals surface area (Å²) in [5, 5.41) is 4.02. The van der Waals surface area contributed by atoms with Gasteiger partial charge in [0.1, 0.15) is 18.0 Å². The summed E-state index contributed by atoms with van der Waals surface area (Å²) in [7, 11) is 3.32. The van der Waals surface area contributed by atoms with Gasteiger partial charge in [0.2, 0.25) is 0 Å². The van der Waals surface area contributed by atoms with Crippen molar-refractivity contribution in [3.63, 3.8) is 0 Å². The van der Waals surface area contributed by atoms with Gasteiger partial charge in [-0.1, -0.05) is 0 Å². The molecule has 1 N–H and O–H groups in total. The molecule has 0 amide bonds. The predicted octanol–water partition coefficient (Wildman–Crippen LogP) is 3.26. The van der Waals surface area contributed by atoms with Crippen molar-refractivity contribution in [1.82, 2.24) is 14.9 Å². The number of hydrogen-bond donors (Lipinski definition) is 1. The molecule has 7 heteroatoms. The number of anilines is 1. The maximum atomic E-state index is 13.6. The highest BCUT2D eigenvalue weighted by Gasteiger charge is 2.19. The fourth-order valence-corrected chi connectivity index (χ4v) is 3.63. The van der Waals surface area contributed by atoms with E-state index in [1.807, 2.05) is 0 Å². The minimum atomic E-state index is -0.289. The zero-order valence-electron chi connectivity index (χ0n) is 16.0. The molecule has 1 aliphatic rings. The molecular weight excluding hydrogens is 359 g/mol. The second-order valence-corrected chi connectivity index (χ2v) is 6.81. The molecule has 1 aliphatic heterocycles. The minimum absolute atomic E-state index is 0.289. The van der Waals surface area contributed by atoms with Gasteiger partial charge in [0.05, 0.1) is 19.7 Å². The largest absolute Gasteiger partial charge is 0.493 e. The van der Waals surface area contributed by atoms with E-state index < -0.39 is 0 Å². The molecule has 0 unspecified atom stereocenters. The van der Waals surface area contributed by atoms with E-state index in [2.05, 4.69) is 32.3 Å². The van der Waals surface area contributed by atoms with E-state index in [0.29, 0.717) is 17.7 Å². The molecule has 146 valence electrons. The Hall–Kier alpha value is -2.93. The number of fused-ring (bicyclic) bond motifs is 2. The molecule has 0 aliphatic carbocycles. The fourth-order valence-electron chi connectivity index (χ4n) is 3.63. The molecular formula is C21H23FN4O2. The van der Waals surface area contributed by atoms with E-state index in [4.69, 9.17) is 9.47 Å². The quantitative estimate of drug-likeness (QED) is 0.706. The Morgan fingerprint density at radius 3 is 2.64 bits per heavy atom. The predicted molar refractivity (Wildman–Crippen MR) is 107 cm³/mol. The van der Waals surface area contributed by atoms with E-state index in [1.165, 1.54) is 29.6 Å². The van der Waals surface area contributed by atoms with Crippen LogP contribution >= 0.6 is 0 Å². The van der Waals surface area contributed by atoms with Gasteiger partial charge in [-0.25, -0.2) is 14.4 Å². The van der Waals surface area contributed by atoms with E-state index in [1.54, 1.807) is 20.3 Å². The van der Waals surface area contributed by atoms with Crippen molar-refractivity contribution in [2.24, 2.45) is 0 Å². The van der Waals surface area contributed by atoms with Crippen molar-refractivity contribution in [2.45, 2.75) is 13.0 Å². The van der Waals surface area contributed by atoms with Gasteiger partial charge in [0.25, 0.3) is 0 Å².